The molecule has 194 valence electrons. The van der Waals surface area contributed by atoms with Gasteiger partial charge in [-0.25, -0.2) is 19.0 Å². The van der Waals surface area contributed by atoms with Gasteiger partial charge in [0.2, 0.25) is 0 Å². The summed E-state index contributed by atoms with van der Waals surface area (Å²) < 4.78 is 62.1. The van der Waals surface area contributed by atoms with Crippen molar-refractivity contribution in [1.82, 2.24) is 25.0 Å². The first-order valence-corrected chi connectivity index (χ1v) is 12.7. The number of thioether (sulfide) groups is 1. The molecule has 6 atom stereocenters. The molecule has 12 heteroatoms. The van der Waals surface area contributed by atoms with Crippen LogP contribution in [-0.2, 0) is 4.74 Å². The normalized spacial score (nSPS) is 33.5. The summed E-state index contributed by atoms with van der Waals surface area (Å²) in [6, 6.07) is 2.18. The highest BCUT2D eigenvalue weighted by atomic mass is 32.2. The number of aliphatic hydroxyl groups excluding tert-OH is 3. The maximum absolute atomic E-state index is 14.3. The Labute approximate surface area is 219 Å². The van der Waals surface area contributed by atoms with Crippen LogP contribution in [0.15, 0.2) is 23.4 Å². The Balaban J connectivity index is 1.50. The van der Waals surface area contributed by atoms with E-state index in [1.807, 2.05) is 6.92 Å². The Morgan fingerprint density at radius 1 is 1.36 bits per heavy atom. The molecule has 3 aromatic rings. The molecular formula is C24H31FN6O4S. The van der Waals surface area contributed by atoms with E-state index in [0.717, 1.165) is 6.42 Å². The van der Waals surface area contributed by atoms with Crippen molar-refractivity contribution in [2.75, 3.05) is 24.2 Å². The number of nitrogens with one attached hydrogen (secondary N) is 1. The van der Waals surface area contributed by atoms with Crippen LogP contribution in [0.5, 0.6) is 0 Å². The molecule has 0 saturated heterocycles. The van der Waals surface area contributed by atoms with Gasteiger partial charge in [0.1, 0.15) is 18.0 Å². The molecule has 0 radical (unpaired) electrons. The fourth-order valence-corrected chi connectivity index (χ4v) is 4.93. The molecule has 2 heterocycles. The van der Waals surface area contributed by atoms with Crippen molar-refractivity contribution >= 4 is 28.7 Å². The number of benzene rings is 1. The van der Waals surface area contributed by atoms with Crippen LogP contribution in [-0.4, -0.2) is 83.6 Å². The van der Waals surface area contributed by atoms with Crippen LogP contribution >= 0.6 is 11.8 Å². The second-order valence-corrected chi connectivity index (χ2v) is 9.81. The van der Waals surface area contributed by atoms with Gasteiger partial charge in [0.15, 0.2) is 22.1 Å². The van der Waals surface area contributed by atoms with Gasteiger partial charge in [0, 0.05) is 28.2 Å². The lowest BCUT2D eigenvalue weighted by Gasteiger charge is -2.17. The molecule has 2 aromatic heterocycles. The maximum atomic E-state index is 14.3. The van der Waals surface area contributed by atoms with E-state index < -0.39 is 61.6 Å². The minimum Gasteiger partial charge on any atom is -0.394 e. The highest BCUT2D eigenvalue weighted by Crippen LogP contribution is 2.44. The smallest absolute Gasteiger partial charge is 0.191 e. The van der Waals surface area contributed by atoms with Gasteiger partial charge in [-0.15, -0.1) is 5.10 Å². The number of anilines is 1. The number of aryl methyl sites for hydroxylation is 1. The van der Waals surface area contributed by atoms with Gasteiger partial charge >= 0.3 is 0 Å². The number of aliphatic hydroxyl groups is 3. The van der Waals surface area contributed by atoms with Crippen molar-refractivity contribution < 1.29 is 31.3 Å². The molecule has 2 saturated carbocycles. The Kier molecular flexibility index (Phi) is 5.77. The first-order valence-electron chi connectivity index (χ1n) is 14.2. The number of halogens is 1. The third kappa shape index (κ3) is 4.92. The SMILES string of the molecule is [2H]C([2H])(CO)O[C@H]1C[C@@H](n2nnc3c(N[C@@H]4C([2H])([2H])[C@@]4([2H])c4ccc(C)c(F)c4)nc(SCCC)nc32)[C@H](O)[C@@H]1O. The average molecular weight is 524 g/mol. The molecule has 36 heavy (non-hydrogen) atoms. The first-order chi connectivity index (χ1) is 19.2. The summed E-state index contributed by atoms with van der Waals surface area (Å²) >= 11 is 1.33. The molecular weight excluding hydrogens is 487 g/mol. The lowest BCUT2D eigenvalue weighted by Crippen LogP contribution is -2.33. The molecule has 0 aliphatic heterocycles. The van der Waals surface area contributed by atoms with Crippen LogP contribution in [0.1, 0.15) is 56.1 Å². The molecule has 5 rings (SSSR count). The zero-order chi connectivity index (χ0) is 29.9. The van der Waals surface area contributed by atoms with E-state index in [1.54, 1.807) is 6.92 Å². The van der Waals surface area contributed by atoms with Gasteiger partial charge in [-0.3, -0.25) is 0 Å². The zero-order valence-electron chi connectivity index (χ0n) is 24.7. The molecule has 1 aromatic carbocycles. The number of rotatable bonds is 10. The van der Waals surface area contributed by atoms with E-state index in [-0.39, 0.29) is 29.0 Å². The summed E-state index contributed by atoms with van der Waals surface area (Å²) in [5.74, 6) is -1.58. The van der Waals surface area contributed by atoms with Gasteiger partial charge in [-0.1, -0.05) is 36.0 Å². The van der Waals surface area contributed by atoms with Crippen LogP contribution < -0.4 is 5.32 Å². The molecule has 2 aliphatic carbocycles. The summed E-state index contributed by atoms with van der Waals surface area (Å²) in [6.45, 7) is 0.192. The van der Waals surface area contributed by atoms with E-state index >= 15 is 0 Å². The molecule has 2 fully saturated rings. The van der Waals surface area contributed by atoms with E-state index in [0.29, 0.717) is 16.5 Å². The third-order valence-corrected chi connectivity index (χ3v) is 7.27. The van der Waals surface area contributed by atoms with E-state index in [4.69, 9.17) is 11.6 Å². The van der Waals surface area contributed by atoms with E-state index in [1.165, 1.54) is 34.6 Å². The van der Waals surface area contributed by atoms with Gasteiger partial charge in [0.25, 0.3) is 0 Å². The maximum Gasteiger partial charge on any atom is 0.191 e. The van der Waals surface area contributed by atoms with Gasteiger partial charge in [-0.2, -0.15) is 0 Å². The standard InChI is InChI=1S/C24H31FN6O4S/c1-3-8-36-24-27-22(26-16-10-14(16)13-5-4-12(2)15(25)9-13)19-23(28-24)31(30-29-19)17-11-18(35-7-6-32)21(34)20(17)33/h4-5,9,14,16-18,20-21,32-34H,3,6-8,10-11H2,1-2H3,(H,26,27,28)/t14-,16+,17+,18-,20-,21+/m0/s1/i7D2,10D2,14D. The Hall–Kier alpha value is -2.38. The highest BCUT2D eigenvalue weighted by Gasteiger charge is 2.45. The Bertz CT molecular complexity index is 1450. The fraction of sp³-hybridized carbons (Fsp3) is 0.583. The number of aromatic nitrogens is 5. The molecule has 10 nitrogen and oxygen atoms in total. The molecule has 0 amide bonds. The number of hydrogen-bond acceptors (Lipinski definition) is 10. The number of hydrogen-bond donors (Lipinski definition) is 4. The van der Waals surface area contributed by atoms with Crippen molar-refractivity contribution in [3.05, 3.63) is 35.1 Å². The van der Waals surface area contributed by atoms with Gasteiger partial charge in [-0.05, 0) is 36.9 Å². The van der Waals surface area contributed by atoms with Crippen molar-refractivity contribution in [1.29, 1.82) is 0 Å². The van der Waals surface area contributed by atoms with Crippen LogP contribution in [0.25, 0.3) is 11.2 Å². The highest BCUT2D eigenvalue weighted by molar-refractivity contribution is 7.99. The summed E-state index contributed by atoms with van der Waals surface area (Å²) in [5, 5.41) is 42.1. The van der Waals surface area contributed by atoms with Crippen molar-refractivity contribution in [2.24, 2.45) is 0 Å². The van der Waals surface area contributed by atoms with E-state index in [2.05, 4.69) is 25.6 Å². The lowest BCUT2D eigenvalue weighted by atomic mass is 10.1. The lowest BCUT2D eigenvalue weighted by molar-refractivity contribution is -0.0629. The van der Waals surface area contributed by atoms with Crippen LogP contribution in [0.2, 0.25) is 0 Å². The largest absolute Gasteiger partial charge is 0.394 e. The molecule has 0 unspecified atom stereocenters. The van der Waals surface area contributed by atoms with Crippen LogP contribution in [0, 0.1) is 12.7 Å². The predicted octanol–water partition coefficient (Wildman–Crippen LogP) is 2.18. The molecule has 2 aliphatic rings. The number of ether oxygens (including phenoxy) is 1. The molecule has 4 N–H and O–H groups in total. The minimum absolute atomic E-state index is 0.0650. The van der Waals surface area contributed by atoms with E-state index in [9.17, 15) is 19.7 Å². The average Bonchev–Trinajstić information content (AvgIpc) is 3.23. The number of nitrogens with zero attached hydrogens (tertiary/aromatic N) is 5. The third-order valence-electron chi connectivity index (χ3n) is 6.22. The van der Waals surface area contributed by atoms with Gasteiger partial charge < -0.3 is 25.4 Å². The molecule has 0 bridgehead atoms. The quantitative estimate of drug-likeness (QED) is 0.231. The second kappa shape index (κ2) is 10.5. The van der Waals surface area contributed by atoms with Crippen LogP contribution in [0.3, 0.4) is 0 Å². The van der Waals surface area contributed by atoms with Crippen molar-refractivity contribution in [3.8, 4) is 0 Å². The topological polar surface area (TPSA) is 138 Å². The predicted molar refractivity (Wildman–Crippen MR) is 133 cm³/mol. The summed E-state index contributed by atoms with van der Waals surface area (Å²) in [6.07, 6.45) is -5.39. The monoisotopic (exact) mass is 523 g/mol. The fourth-order valence-electron chi connectivity index (χ4n) is 4.23. The summed E-state index contributed by atoms with van der Waals surface area (Å²) in [4.78, 5) is 9.06. The van der Waals surface area contributed by atoms with Crippen molar-refractivity contribution in [2.45, 2.75) is 74.5 Å². The second-order valence-electron chi connectivity index (χ2n) is 8.75. The Morgan fingerprint density at radius 2 is 2.19 bits per heavy atom. The molecule has 0 spiro atoms. The van der Waals surface area contributed by atoms with Crippen molar-refractivity contribution in [3.63, 3.8) is 0 Å². The summed E-state index contributed by atoms with van der Waals surface area (Å²) in [5.41, 5.74) is 0.854. The van der Waals surface area contributed by atoms with Crippen LogP contribution in [0.4, 0.5) is 10.2 Å². The van der Waals surface area contributed by atoms with Gasteiger partial charge in [0.05, 0.1) is 28.1 Å². The summed E-state index contributed by atoms with van der Waals surface area (Å²) in [7, 11) is 0. The Morgan fingerprint density at radius 3 is 2.94 bits per heavy atom. The minimum atomic E-state index is -2.43. The number of fused-ring (bicyclic) bond motifs is 1. The first kappa shape index (κ1) is 19.7. The zero-order valence-corrected chi connectivity index (χ0v) is 20.5.